The number of nitrogens with one attached hydrogen (secondary N) is 2. The molecule has 0 bridgehead atoms. The summed E-state index contributed by atoms with van der Waals surface area (Å²) < 4.78 is 39.5. The first-order valence-corrected chi connectivity index (χ1v) is 11.3. The fraction of sp³-hybridized carbons (Fsp3) is 0.0833. The van der Waals surface area contributed by atoms with Crippen LogP contribution >= 0.6 is 0 Å². The molecule has 0 spiro atoms. The monoisotopic (exact) mass is 452 g/mol. The summed E-state index contributed by atoms with van der Waals surface area (Å²) in [6.45, 7) is 3.61. The summed E-state index contributed by atoms with van der Waals surface area (Å²) in [4.78, 5) is 25.6. The molecule has 0 radical (unpaired) electrons. The fourth-order valence-corrected chi connectivity index (χ4v) is 4.08. The van der Waals surface area contributed by atoms with Crippen molar-refractivity contribution in [2.45, 2.75) is 5.75 Å². The van der Waals surface area contributed by atoms with Crippen LogP contribution in [-0.2, 0) is 15.8 Å². The van der Waals surface area contributed by atoms with Crippen LogP contribution in [0.15, 0.2) is 85.5 Å². The molecule has 0 aromatic heterocycles. The van der Waals surface area contributed by atoms with E-state index in [9.17, 15) is 22.4 Å². The van der Waals surface area contributed by atoms with Crippen LogP contribution in [-0.4, -0.2) is 26.7 Å². The van der Waals surface area contributed by atoms with Crippen LogP contribution in [0.5, 0.6) is 0 Å². The number of halogens is 1. The number of carbonyl (C=O) groups excluding carboxylic acids is 2. The van der Waals surface area contributed by atoms with Crippen LogP contribution in [0, 0.1) is 5.82 Å². The Morgan fingerprint density at radius 2 is 1.53 bits per heavy atom. The number of hydrogen-bond acceptors (Lipinski definition) is 4. The van der Waals surface area contributed by atoms with Crippen molar-refractivity contribution in [1.82, 2.24) is 4.72 Å². The Morgan fingerprint density at radius 1 is 0.906 bits per heavy atom. The van der Waals surface area contributed by atoms with Gasteiger partial charge in [0.05, 0.1) is 11.3 Å². The topological polar surface area (TPSA) is 92.3 Å². The summed E-state index contributed by atoms with van der Waals surface area (Å²) in [7, 11) is -3.49. The summed E-state index contributed by atoms with van der Waals surface area (Å²) >= 11 is 0. The SMILES string of the molecule is C=CCNS(=O)(=O)Cc1ccc(NC(=O)c2ccccc2C(=O)c2ccc(F)cc2)cc1. The first-order chi connectivity index (χ1) is 15.3. The van der Waals surface area contributed by atoms with E-state index >= 15 is 0 Å². The lowest BCUT2D eigenvalue weighted by atomic mass is 9.98. The van der Waals surface area contributed by atoms with Crippen LogP contribution in [0.2, 0.25) is 0 Å². The molecule has 32 heavy (non-hydrogen) atoms. The van der Waals surface area contributed by atoms with Crippen molar-refractivity contribution in [1.29, 1.82) is 0 Å². The number of benzene rings is 3. The van der Waals surface area contributed by atoms with E-state index in [1.165, 1.54) is 42.5 Å². The Kier molecular flexibility index (Phi) is 7.29. The van der Waals surface area contributed by atoms with E-state index in [4.69, 9.17) is 0 Å². The summed E-state index contributed by atoms with van der Waals surface area (Å²) in [5.74, 6) is -1.56. The van der Waals surface area contributed by atoms with Crippen LogP contribution in [0.1, 0.15) is 31.8 Å². The maximum Gasteiger partial charge on any atom is 0.256 e. The van der Waals surface area contributed by atoms with Gasteiger partial charge in [0, 0.05) is 23.4 Å². The highest BCUT2D eigenvalue weighted by Gasteiger charge is 2.18. The van der Waals surface area contributed by atoms with E-state index in [2.05, 4.69) is 16.6 Å². The maximum absolute atomic E-state index is 13.2. The van der Waals surface area contributed by atoms with Gasteiger partial charge in [0.15, 0.2) is 5.78 Å². The number of carbonyl (C=O) groups is 2. The third-order valence-corrected chi connectivity index (χ3v) is 5.86. The van der Waals surface area contributed by atoms with Gasteiger partial charge >= 0.3 is 0 Å². The Morgan fingerprint density at radius 3 is 2.16 bits per heavy atom. The van der Waals surface area contributed by atoms with Gasteiger partial charge in [0.2, 0.25) is 10.0 Å². The van der Waals surface area contributed by atoms with Crippen molar-refractivity contribution < 1.29 is 22.4 Å². The van der Waals surface area contributed by atoms with E-state index in [1.807, 2.05) is 0 Å². The van der Waals surface area contributed by atoms with Gasteiger partial charge in [-0.3, -0.25) is 9.59 Å². The number of rotatable bonds is 9. The summed E-state index contributed by atoms with van der Waals surface area (Å²) in [5.41, 5.74) is 1.61. The highest BCUT2D eigenvalue weighted by atomic mass is 32.2. The molecule has 0 saturated heterocycles. The molecular weight excluding hydrogens is 431 g/mol. The molecule has 0 heterocycles. The highest BCUT2D eigenvalue weighted by molar-refractivity contribution is 7.88. The molecule has 0 fully saturated rings. The lowest BCUT2D eigenvalue weighted by Gasteiger charge is -2.11. The molecule has 0 aliphatic heterocycles. The summed E-state index contributed by atoms with van der Waals surface area (Å²) in [6, 6.07) is 17.8. The average molecular weight is 453 g/mol. The molecule has 1 amide bonds. The molecule has 3 aromatic rings. The van der Waals surface area contributed by atoms with Crippen molar-refractivity contribution in [3.05, 3.63) is 114 Å². The minimum atomic E-state index is -3.49. The second kappa shape index (κ2) is 10.1. The number of amides is 1. The molecule has 0 unspecified atom stereocenters. The lowest BCUT2D eigenvalue weighted by Crippen LogP contribution is -2.25. The first kappa shape index (κ1) is 23.1. The Balaban J connectivity index is 1.75. The van der Waals surface area contributed by atoms with Gasteiger partial charge in [-0.15, -0.1) is 6.58 Å². The van der Waals surface area contributed by atoms with Gasteiger partial charge < -0.3 is 5.32 Å². The first-order valence-electron chi connectivity index (χ1n) is 9.67. The zero-order valence-corrected chi connectivity index (χ0v) is 17.9. The molecule has 0 aliphatic carbocycles. The standard InChI is InChI=1S/C24H21FN2O4S/c1-2-15-26-32(30,31)16-17-7-13-20(14-8-17)27-24(29)22-6-4-3-5-21(22)23(28)18-9-11-19(25)12-10-18/h2-14,26H,1,15-16H2,(H,27,29). The van der Waals surface area contributed by atoms with Crippen molar-refractivity contribution in [3.8, 4) is 0 Å². The fourth-order valence-electron chi connectivity index (χ4n) is 2.97. The second-order valence-electron chi connectivity index (χ2n) is 6.93. The molecule has 0 aliphatic rings. The van der Waals surface area contributed by atoms with Crippen molar-refractivity contribution in [3.63, 3.8) is 0 Å². The zero-order chi connectivity index (χ0) is 23.1. The molecule has 0 saturated carbocycles. The number of sulfonamides is 1. The molecule has 164 valence electrons. The van der Waals surface area contributed by atoms with Gasteiger partial charge in [-0.2, -0.15) is 0 Å². The molecule has 3 aromatic carbocycles. The van der Waals surface area contributed by atoms with Crippen LogP contribution in [0.3, 0.4) is 0 Å². The van der Waals surface area contributed by atoms with E-state index in [-0.39, 0.29) is 29.0 Å². The Bertz CT molecular complexity index is 1240. The van der Waals surface area contributed by atoms with E-state index in [1.54, 1.807) is 36.4 Å². The number of hydrogen-bond donors (Lipinski definition) is 2. The normalized spacial score (nSPS) is 11.0. The van der Waals surface area contributed by atoms with Crippen molar-refractivity contribution in [2.75, 3.05) is 11.9 Å². The number of anilines is 1. The summed E-state index contributed by atoms with van der Waals surface area (Å²) in [5, 5.41) is 2.71. The smallest absolute Gasteiger partial charge is 0.256 e. The lowest BCUT2D eigenvalue weighted by molar-refractivity contribution is 0.0996. The van der Waals surface area contributed by atoms with Gasteiger partial charge in [-0.05, 0) is 48.0 Å². The van der Waals surface area contributed by atoms with E-state index in [0.29, 0.717) is 11.3 Å². The number of ketones is 1. The zero-order valence-electron chi connectivity index (χ0n) is 17.0. The molecular formula is C24H21FN2O4S. The molecule has 6 nitrogen and oxygen atoms in total. The minimum absolute atomic E-state index is 0.145. The quantitative estimate of drug-likeness (QED) is 0.380. The Labute approximate surface area is 185 Å². The van der Waals surface area contributed by atoms with Crippen LogP contribution in [0.25, 0.3) is 0 Å². The van der Waals surface area contributed by atoms with E-state index < -0.39 is 27.5 Å². The minimum Gasteiger partial charge on any atom is -0.322 e. The molecule has 0 atom stereocenters. The summed E-state index contributed by atoms with van der Waals surface area (Å²) in [6.07, 6.45) is 1.45. The average Bonchev–Trinajstić information content (AvgIpc) is 2.79. The van der Waals surface area contributed by atoms with Gasteiger partial charge in [-0.1, -0.05) is 36.4 Å². The second-order valence-corrected chi connectivity index (χ2v) is 8.74. The van der Waals surface area contributed by atoms with Crippen molar-refractivity contribution >= 4 is 27.4 Å². The molecule has 3 rings (SSSR count). The maximum atomic E-state index is 13.2. The van der Waals surface area contributed by atoms with Gasteiger partial charge in [-0.25, -0.2) is 17.5 Å². The third-order valence-electron chi connectivity index (χ3n) is 4.54. The van der Waals surface area contributed by atoms with Crippen LogP contribution in [0.4, 0.5) is 10.1 Å². The predicted octanol–water partition coefficient (Wildman–Crippen LogP) is 3.91. The largest absolute Gasteiger partial charge is 0.322 e. The van der Waals surface area contributed by atoms with E-state index in [0.717, 1.165) is 0 Å². The Hall–Kier alpha value is -3.62. The molecule has 8 heteroatoms. The molecule has 2 N–H and O–H groups in total. The van der Waals surface area contributed by atoms with Gasteiger partial charge in [0.25, 0.3) is 5.91 Å². The third kappa shape index (κ3) is 5.96. The van der Waals surface area contributed by atoms with Crippen LogP contribution < -0.4 is 10.0 Å². The predicted molar refractivity (Wildman–Crippen MR) is 121 cm³/mol. The van der Waals surface area contributed by atoms with Gasteiger partial charge in [0.1, 0.15) is 5.82 Å². The van der Waals surface area contributed by atoms with Crippen molar-refractivity contribution in [2.24, 2.45) is 0 Å². The highest BCUT2D eigenvalue weighted by Crippen LogP contribution is 2.18.